The van der Waals surface area contributed by atoms with Crippen molar-refractivity contribution in [3.05, 3.63) is 54.0 Å². The zero-order chi connectivity index (χ0) is 16.1. The minimum Gasteiger partial charge on any atom is -0.478 e. The fourth-order valence-electron chi connectivity index (χ4n) is 2.88. The molecule has 1 fully saturated rings. The maximum absolute atomic E-state index is 11.2. The van der Waals surface area contributed by atoms with Gasteiger partial charge in [0.15, 0.2) is 0 Å². The van der Waals surface area contributed by atoms with Crippen molar-refractivity contribution in [3.8, 4) is 0 Å². The van der Waals surface area contributed by atoms with Gasteiger partial charge >= 0.3 is 5.97 Å². The van der Waals surface area contributed by atoms with Crippen LogP contribution >= 0.6 is 0 Å². The molecule has 6 heteroatoms. The van der Waals surface area contributed by atoms with Crippen molar-refractivity contribution in [2.24, 2.45) is 0 Å². The Kier molecular flexibility index (Phi) is 4.83. The summed E-state index contributed by atoms with van der Waals surface area (Å²) in [5.74, 6) is 0.0662. The summed E-state index contributed by atoms with van der Waals surface area (Å²) in [6.45, 7) is 4.61. The molecule has 1 aromatic heterocycles. The molecule has 0 atom stereocenters. The maximum Gasteiger partial charge on any atom is 0.335 e. The maximum atomic E-state index is 11.2. The summed E-state index contributed by atoms with van der Waals surface area (Å²) >= 11 is 0. The lowest BCUT2D eigenvalue weighted by Gasteiger charge is -2.35. The van der Waals surface area contributed by atoms with Crippen LogP contribution in [0.15, 0.2) is 42.9 Å². The summed E-state index contributed by atoms with van der Waals surface area (Å²) in [6.07, 6.45) is 5.94. The normalized spacial score (nSPS) is 15.6. The fourth-order valence-corrected chi connectivity index (χ4v) is 2.88. The molecule has 0 amide bonds. The van der Waals surface area contributed by atoms with Gasteiger partial charge in [-0.25, -0.2) is 9.78 Å². The first kappa shape index (κ1) is 15.4. The summed E-state index contributed by atoms with van der Waals surface area (Å²) in [7, 11) is 0. The van der Waals surface area contributed by atoms with E-state index < -0.39 is 5.97 Å². The highest BCUT2D eigenvalue weighted by Crippen LogP contribution is 2.14. The Hall–Kier alpha value is -2.47. The Labute approximate surface area is 135 Å². The SMILES string of the molecule is O=C(O)c1ccccc1CCN1CCN(c2cnccn2)CC1. The second kappa shape index (κ2) is 7.19. The molecule has 6 nitrogen and oxygen atoms in total. The van der Waals surface area contributed by atoms with Crippen LogP contribution in [-0.4, -0.2) is 58.7 Å². The van der Waals surface area contributed by atoms with Crippen LogP contribution in [0.25, 0.3) is 0 Å². The molecule has 0 bridgehead atoms. The van der Waals surface area contributed by atoms with Gasteiger partial charge in [-0.05, 0) is 18.1 Å². The number of carbonyl (C=O) groups is 1. The van der Waals surface area contributed by atoms with E-state index in [2.05, 4.69) is 19.8 Å². The Morgan fingerprint density at radius 1 is 1.13 bits per heavy atom. The van der Waals surface area contributed by atoms with Crippen LogP contribution < -0.4 is 4.90 Å². The average Bonchev–Trinajstić information content (AvgIpc) is 2.61. The monoisotopic (exact) mass is 312 g/mol. The van der Waals surface area contributed by atoms with E-state index in [9.17, 15) is 9.90 Å². The molecule has 0 saturated carbocycles. The lowest BCUT2D eigenvalue weighted by molar-refractivity contribution is 0.0695. The van der Waals surface area contributed by atoms with Gasteiger partial charge in [0.2, 0.25) is 0 Å². The fraction of sp³-hybridized carbons (Fsp3) is 0.353. The lowest BCUT2D eigenvalue weighted by Crippen LogP contribution is -2.47. The van der Waals surface area contributed by atoms with Gasteiger partial charge in [-0.3, -0.25) is 9.88 Å². The van der Waals surface area contributed by atoms with Crippen molar-refractivity contribution in [1.82, 2.24) is 14.9 Å². The molecule has 0 radical (unpaired) electrons. The van der Waals surface area contributed by atoms with E-state index in [1.807, 2.05) is 12.1 Å². The highest BCUT2D eigenvalue weighted by molar-refractivity contribution is 5.89. The molecule has 1 saturated heterocycles. The smallest absolute Gasteiger partial charge is 0.335 e. The molecular weight excluding hydrogens is 292 g/mol. The van der Waals surface area contributed by atoms with Crippen LogP contribution in [0.2, 0.25) is 0 Å². The molecule has 2 aromatic rings. The van der Waals surface area contributed by atoms with Crippen LogP contribution in [0, 0.1) is 0 Å². The van der Waals surface area contributed by atoms with E-state index in [1.54, 1.807) is 30.7 Å². The summed E-state index contributed by atoms with van der Waals surface area (Å²) in [4.78, 5) is 24.3. The third-order valence-corrected chi connectivity index (χ3v) is 4.19. The second-order valence-electron chi connectivity index (χ2n) is 5.60. The van der Waals surface area contributed by atoms with Crippen molar-refractivity contribution in [2.45, 2.75) is 6.42 Å². The first-order chi connectivity index (χ1) is 11.2. The number of carboxylic acid groups (broad SMARTS) is 1. The number of anilines is 1. The molecule has 0 unspecified atom stereocenters. The van der Waals surface area contributed by atoms with Gasteiger partial charge in [0.05, 0.1) is 11.8 Å². The van der Waals surface area contributed by atoms with E-state index in [1.165, 1.54) is 0 Å². The Morgan fingerprint density at radius 3 is 2.61 bits per heavy atom. The summed E-state index contributed by atoms with van der Waals surface area (Å²) in [5.41, 5.74) is 1.31. The number of nitrogens with zero attached hydrogens (tertiary/aromatic N) is 4. The Morgan fingerprint density at radius 2 is 1.91 bits per heavy atom. The van der Waals surface area contributed by atoms with Gasteiger partial charge in [-0.1, -0.05) is 18.2 Å². The first-order valence-electron chi connectivity index (χ1n) is 7.78. The summed E-state index contributed by atoms with van der Waals surface area (Å²) in [5, 5.41) is 9.23. The molecule has 1 aromatic carbocycles. The molecule has 1 aliphatic heterocycles. The van der Waals surface area contributed by atoms with Gasteiger partial charge in [0.1, 0.15) is 5.82 Å². The quantitative estimate of drug-likeness (QED) is 0.903. The van der Waals surface area contributed by atoms with Crippen molar-refractivity contribution >= 4 is 11.8 Å². The molecule has 1 N–H and O–H groups in total. The molecule has 3 rings (SSSR count). The molecule has 23 heavy (non-hydrogen) atoms. The number of rotatable bonds is 5. The second-order valence-corrected chi connectivity index (χ2v) is 5.60. The number of aromatic carboxylic acids is 1. The number of piperazine rings is 1. The highest BCUT2D eigenvalue weighted by Gasteiger charge is 2.18. The number of hydrogen-bond acceptors (Lipinski definition) is 5. The molecule has 120 valence electrons. The van der Waals surface area contributed by atoms with Crippen LogP contribution in [0.5, 0.6) is 0 Å². The lowest BCUT2D eigenvalue weighted by atomic mass is 10.0. The number of carboxylic acids is 1. The summed E-state index contributed by atoms with van der Waals surface area (Å²) < 4.78 is 0. The first-order valence-corrected chi connectivity index (χ1v) is 7.78. The molecule has 2 heterocycles. The zero-order valence-electron chi connectivity index (χ0n) is 12.9. The van der Waals surface area contributed by atoms with Gasteiger partial charge < -0.3 is 10.0 Å². The molecule has 1 aliphatic rings. The predicted octanol–water partition coefficient (Wildman–Crippen LogP) is 1.54. The average molecular weight is 312 g/mol. The number of benzene rings is 1. The van der Waals surface area contributed by atoms with Crippen LogP contribution in [0.4, 0.5) is 5.82 Å². The Balaban J connectivity index is 1.53. The summed E-state index contributed by atoms with van der Waals surface area (Å²) in [6, 6.07) is 7.24. The standard InChI is InChI=1S/C17H20N4O2/c22-17(23)15-4-2-1-3-14(15)5-8-20-9-11-21(12-10-20)16-13-18-6-7-19-16/h1-4,6-7,13H,5,8-12H2,(H,22,23). The van der Waals surface area contributed by atoms with Gasteiger partial charge in [0.25, 0.3) is 0 Å². The van der Waals surface area contributed by atoms with Crippen LogP contribution in [-0.2, 0) is 6.42 Å². The largest absolute Gasteiger partial charge is 0.478 e. The van der Waals surface area contributed by atoms with Crippen molar-refractivity contribution in [1.29, 1.82) is 0 Å². The molecule has 0 aliphatic carbocycles. The zero-order valence-corrected chi connectivity index (χ0v) is 12.9. The topological polar surface area (TPSA) is 69.6 Å². The van der Waals surface area contributed by atoms with Crippen molar-refractivity contribution < 1.29 is 9.90 Å². The van der Waals surface area contributed by atoms with Gasteiger partial charge in [-0.2, -0.15) is 0 Å². The molecular formula is C17H20N4O2. The van der Waals surface area contributed by atoms with Gasteiger partial charge in [-0.15, -0.1) is 0 Å². The van der Waals surface area contributed by atoms with E-state index in [0.29, 0.717) is 5.56 Å². The van der Waals surface area contributed by atoms with Crippen molar-refractivity contribution in [2.75, 3.05) is 37.6 Å². The molecule has 0 spiro atoms. The Bertz CT molecular complexity index is 655. The third-order valence-electron chi connectivity index (χ3n) is 4.19. The van der Waals surface area contributed by atoms with Crippen molar-refractivity contribution in [3.63, 3.8) is 0 Å². The number of aromatic nitrogens is 2. The van der Waals surface area contributed by atoms with E-state index in [4.69, 9.17) is 0 Å². The minimum absolute atomic E-state index is 0.408. The predicted molar refractivity (Wildman–Crippen MR) is 87.8 cm³/mol. The third kappa shape index (κ3) is 3.84. The van der Waals surface area contributed by atoms with Crippen LogP contribution in [0.3, 0.4) is 0 Å². The van der Waals surface area contributed by atoms with E-state index in [0.717, 1.165) is 50.5 Å². The van der Waals surface area contributed by atoms with Crippen LogP contribution in [0.1, 0.15) is 15.9 Å². The minimum atomic E-state index is -0.854. The van der Waals surface area contributed by atoms with E-state index >= 15 is 0 Å². The number of hydrogen-bond donors (Lipinski definition) is 1. The van der Waals surface area contributed by atoms with E-state index in [-0.39, 0.29) is 0 Å². The highest BCUT2D eigenvalue weighted by atomic mass is 16.4. The van der Waals surface area contributed by atoms with Gasteiger partial charge in [0, 0.05) is 45.1 Å².